The summed E-state index contributed by atoms with van der Waals surface area (Å²) >= 11 is 0. The van der Waals surface area contributed by atoms with Gasteiger partial charge in [-0.05, 0) is 60.5 Å². The zero-order chi connectivity index (χ0) is 23.2. The Labute approximate surface area is 187 Å². The van der Waals surface area contributed by atoms with E-state index in [1.807, 2.05) is 41.1 Å². The summed E-state index contributed by atoms with van der Waals surface area (Å²) in [6.07, 6.45) is 1.21. The number of urea groups is 1. The molecule has 0 aliphatic carbocycles. The molecule has 9 heteroatoms. The molecule has 168 valence electrons. The molecule has 33 heavy (non-hydrogen) atoms. The lowest BCUT2D eigenvalue weighted by Gasteiger charge is -2.20. The van der Waals surface area contributed by atoms with E-state index in [4.69, 9.17) is 4.74 Å². The van der Waals surface area contributed by atoms with E-state index in [-0.39, 0.29) is 18.0 Å². The van der Waals surface area contributed by atoms with Gasteiger partial charge in [0.1, 0.15) is 5.75 Å². The average molecular weight is 452 g/mol. The van der Waals surface area contributed by atoms with Crippen LogP contribution in [0.15, 0.2) is 67.1 Å². The average Bonchev–Trinajstić information content (AvgIpc) is 3.41. The summed E-state index contributed by atoms with van der Waals surface area (Å²) in [5.74, 6) is -0.243. The fourth-order valence-electron chi connectivity index (χ4n) is 4.16. The SMILES string of the molecule is COc1cc2c(cc1C(F)(F)F)N(C(=O)Nc1ccc3c(ccn3-c3ccncc3)c1)CC2. The third-order valence-electron chi connectivity index (χ3n) is 5.73. The molecule has 3 heterocycles. The highest BCUT2D eigenvalue weighted by Gasteiger charge is 2.37. The van der Waals surface area contributed by atoms with Gasteiger partial charge in [-0.3, -0.25) is 9.88 Å². The summed E-state index contributed by atoms with van der Waals surface area (Å²) in [5, 5.41) is 3.72. The Kier molecular flexibility index (Phi) is 4.96. The highest BCUT2D eigenvalue weighted by Crippen LogP contribution is 2.42. The molecule has 0 saturated heterocycles. The molecule has 0 unspecified atom stereocenters. The molecule has 2 aromatic heterocycles. The number of methoxy groups -OCH3 is 1. The Morgan fingerprint density at radius 3 is 2.61 bits per heavy atom. The molecule has 1 aliphatic heterocycles. The normalized spacial score (nSPS) is 13.3. The lowest BCUT2D eigenvalue weighted by molar-refractivity contribution is -0.138. The Hall–Kier alpha value is -4.01. The minimum Gasteiger partial charge on any atom is -0.496 e. The van der Waals surface area contributed by atoms with Gasteiger partial charge in [0.25, 0.3) is 0 Å². The van der Waals surface area contributed by atoms with Crippen molar-refractivity contribution in [1.29, 1.82) is 0 Å². The number of hydrogen-bond acceptors (Lipinski definition) is 3. The number of carbonyl (C=O) groups is 1. The van der Waals surface area contributed by atoms with Crippen molar-refractivity contribution in [3.8, 4) is 11.4 Å². The number of nitrogens with zero attached hydrogens (tertiary/aromatic N) is 3. The van der Waals surface area contributed by atoms with Crippen LogP contribution in [0.5, 0.6) is 5.75 Å². The Balaban J connectivity index is 1.41. The van der Waals surface area contributed by atoms with E-state index in [1.54, 1.807) is 18.5 Å². The van der Waals surface area contributed by atoms with Crippen molar-refractivity contribution in [3.05, 3.63) is 78.2 Å². The molecule has 2 amide bonds. The van der Waals surface area contributed by atoms with Gasteiger partial charge in [0, 0.05) is 47.6 Å². The van der Waals surface area contributed by atoms with Crippen molar-refractivity contribution in [2.75, 3.05) is 23.9 Å². The molecule has 6 nitrogen and oxygen atoms in total. The largest absolute Gasteiger partial charge is 0.496 e. The maximum absolute atomic E-state index is 13.4. The van der Waals surface area contributed by atoms with Crippen molar-refractivity contribution < 1.29 is 22.7 Å². The number of benzene rings is 2. The highest BCUT2D eigenvalue weighted by molar-refractivity contribution is 6.04. The van der Waals surface area contributed by atoms with Gasteiger partial charge in [-0.1, -0.05) is 0 Å². The number of hydrogen-bond donors (Lipinski definition) is 1. The first-order valence-corrected chi connectivity index (χ1v) is 10.2. The first-order chi connectivity index (χ1) is 15.8. The summed E-state index contributed by atoms with van der Waals surface area (Å²) in [5.41, 5.74) is 2.44. The third kappa shape index (κ3) is 3.75. The molecule has 1 aliphatic rings. The number of ether oxygens (including phenoxy) is 1. The molecule has 0 saturated carbocycles. The minimum atomic E-state index is -4.59. The van der Waals surface area contributed by atoms with Crippen LogP contribution in [-0.2, 0) is 12.6 Å². The van der Waals surface area contributed by atoms with Crippen LogP contribution in [0.25, 0.3) is 16.6 Å². The summed E-state index contributed by atoms with van der Waals surface area (Å²) in [7, 11) is 1.20. The van der Waals surface area contributed by atoms with Crippen LogP contribution in [0.2, 0.25) is 0 Å². The van der Waals surface area contributed by atoms with Crippen LogP contribution in [-0.4, -0.2) is 29.2 Å². The maximum atomic E-state index is 13.4. The molecular formula is C24H19F3N4O2. The fourth-order valence-corrected chi connectivity index (χ4v) is 4.16. The second-order valence-corrected chi connectivity index (χ2v) is 7.68. The maximum Gasteiger partial charge on any atom is 0.420 e. The predicted molar refractivity (Wildman–Crippen MR) is 119 cm³/mol. The van der Waals surface area contributed by atoms with Crippen molar-refractivity contribution in [2.24, 2.45) is 0 Å². The number of amides is 2. The van der Waals surface area contributed by atoms with Crippen LogP contribution >= 0.6 is 0 Å². The van der Waals surface area contributed by atoms with Gasteiger partial charge in [-0.25, -0.2) is 4.79 Å². The number of carbonyl (C=O) groups excluding carboxylic acids is 1. The zero-order valence-corrected chi connectivity index (χ0v) is 17.6. The molecule has 0 radical (unpaired) electrons. The van der Waals surface area contributed by atoms with Crippen molar-refractivity contribution in [3.63, 3.8) is 0 Å². The number of nitrogens with one attached hydrogen (secondary N) is 1. The number of alkyl halides is 3. The lowest BCUT2D eigenvalue weighted by atomic mass is 10.1. The molecule has 0 spiro atoms. The van der Waals surface area contributed by atoms with Crippen molar-refractivity contribution in [1.82, 2.24) is 9.55 Å². The third-order valence-corrected chi connectivity index (χ3v) is 5.73. The highest BCUT2D eigenvalue weighted by atomic mass is 19.4. The van der Waals surface area contributed by atoms with Crippen LogP contribution in [0.3, 0.4) is 0 Å². The van der Waals surface area contributed by atoms with Crippen molar-refractivity contribution >= 4 is 28.3 Å². The molecular weight excluding hydrogens is 433 g/mol. The number of pyridine rings is 1. The van der Waals surface area contributed by atoms with Gasteiger partial charge < -0.3 is 14.6 Å². The van der Waals surface area contributed by atoms with Gasteiger partial charge >= 0.3 is 12.2 Å². The summed E-state index contributed by atoms with van der Waals surface area (Å²) < 4.78 is 47.3. The number of halogens is 3. The Morgan fingerprint density at radius 1 is 1.09 bits per heavy atom. The lowest BCUT2D eigenvalue weighted by Crippen LogP contribution is -2.33. The van der Waals surface area contributed by atoms with Crippen LogP contribution in [0, 0.1) is 0 Å². The van der Waals surface area contributed by atoms with E-state index in [0.717, 1.165) is 22.7 Å². The summed E-state index contributed by atoms with van der Waals surface area (Å²) in [6.45, 7) is 0.284. The van der Waals surface area contributed by atoms with E-state index < -0.39 is 17.8 Å². The first-order valence-electron chi connectivity index (χ1n) is 10.2. The minimum absolute atomic E-state index is 0.241. The van der Waals surface area contributed by atoms with E-state index in [9.17, 15) is 18.0 Å². The van der Waals surface area contributed by atoms with Crippen LogP contribution < -0.4 is 15.0 Å². The molecule has 2 aromatic carbocycles. The van der Waals surface area contributed by atoms with Gasteiger partial charge in [0.2, 0.25) is 0 Å². The van der Waals surface area contributed by atoms with Gasteiger partial charge in [-0.15, -0.1) is 0 Å². The predicted octanol–water partition coefficient (Wildman–Crippen LogP) is 5.65. The van der Waals surface area contributed by atoms with Crippen molar-refractivity contribution in [2.45, 2.75) is 12.6 Å². The topological polar surface area (TPSA) is 59.4 Å². The molecule has 0 fully saturated rings. The number of rotatable bonds is 3. The first kappa shape index (κ1) is 20.9. The standard InChI is InChI=1S/C24H19F3N4O2/c1-33-22-13-16-7-11-31(21(16)14-19(22)24(25,26)27)23(32)29-17-2-3-20-15(12-17)6-10-30(20)18-4-8-28-9-5-18/h2-6,8-10,12-14H,7,11H2,1H3,(H,29,32). The molecule has 4 aromatic rings. The summed E-state index contributed by atoms with van der Waals surface area (Å²) in [6, 6.07) is 13.1. The van der Waals surface area contributed by atoms with E-state index in [0.29, 0.717) is 17.7 Å². The Morgan fingerprint density at radius 2 is 1.88 bits per heavy atom. The molecule has 1 N–H and O–H groups in total. The number of fused-ring (bicyclic) bond motifs is 2. The monoisotopic (exact) mass is 452 g/mol. The van der Waals surface area contributed by atoms with E-state index in [2.05, 4.69) is 10.3 Å². The van der Waals surface area contributed by atoms with E-state index in [1.165, 1.54) is 18.1 Å². The number of anilines is 2. The quantitative estimate of drug-likeness (QED) is 0.437. The Bertz CT molecular complexity index is 1350. The second-order valence-electron chi connectivity index (χ2n) is 7.68. The molecule has 0 atom stereocenters. The van der Waals surface area contributed by atoms with Gasteiger partial charge in [0.05, 0.1) is 18.2 Å². The zero-order valence-electron chi connectivity index (χ0n) is 17.6. The van der Waals surface area contributed by atoms with Gasteiger partial charge in [-0.2, -0.15) is 13.2 Å². The smallest absolute Gasteiger partial charge is 0.420 e. The summed E-state index contributed by atoms with van der Waals surface area (Å²) in [4.78, 5) is 18.3. The fraction of sp³-hybridized carbons (Fsp3) is 0.167. The van der Waals surface area contributed by atoms with Gasteiger partial charge in [0.15, 0.2) is 0 Å². The van der Waals surface area contributed by atoms with E-state index >= 15 is 0 Å². The number of aromatic nitrogens is 2. The van der Waals surface area contributed by atoms with Crippen LogP contribution in [0.4, 0.5) is 29.3 Å². The second kappa shape index (κ2) is 7.84. The van der Waals surface area contributed by atoms with Crippen LogP contribution in [0.1, 0.15) is 11.1 Å². The molecule has 0 bridgehead atoms. The molecule has 5 rings (SSSR count).